The smallest absolute Gasteiger partial charge is 0.240 e. The Bertz CT molecular complexity index is 1270. The summed E-state index contributed by atoms with van der Waals surface area (Å²) in [6, 6.07) is 17.7. The van der Waals surface area contributed by atoms with Gasteiger partial charge in [0.2, 0.25) is 5.88 Å². The van der Waals surface area contributed by atoms with E-state index in [1.165, 1.54) is 12.1 Å². The van der Waals surface area contributed by atoms with E-state index in [1.54, 1.807) is 18.2 Å². The Morgan fingerprint density at radius 1 is 1.10 bits per heavy atom. The van der Waals surface area contributed by atoms with Crippen LogP contribution in [-0.2, 0) is 13.2 Å². The fourth-order valence-electron chi connectivity index (χ4n) is 3.53. The minimum atomic E-state index is -0.299. The summed E-state index contributed by atoms with van der Waals surface area (Å²) in [7, 11) is 0. The number of halogens is 2. The van der Waals surface area contributed by atoms with Crippen molar-refractivity contribution in [3.05, 3.63) is 93.5 Å². The monoisotopic (exact) mass is 419 g/mol. The Labute approximate surface area is 179 Å². The Morgan fingerprint density at radius 3 is 2.57 bits per heavy atom. The van der Waals surface area contributed by atoms with Gasteiger partial charge in [-0.3, -0.25) is 0 Å². The van der Waals surface area contributed by atoms with Crippen LogP contribution in [0.25, 0.3) is 10.9 Å². The van der Waals surface area contributed by atoms with Crippen molar-refractivity contribution in [1.29, 1.82) is 5.26 Å². The molecule has 0 amide bonds. The molecular formula is C24H19ClFN3O. The molecular weight excluding hydrogens is 401 g/mol. The molecule has 4 nitrogen and oxygen atoms in total. The van der Waals surface area contributed by atoms with Gasteiger partial charge in [-0.05, 0) is 60.9 Å². The zero-order valence-electron chi connectivity index (χ0n) is 16.6. The lowest BCUT2D eigenvalue weighted by Crippen LogP contribution is -2.05. The maximum atomic E-state index is 13.2. The van der Waals surface area contributed by atoms with Gasteiger partial charge in [-0.2, -0.15) is 5.26 Å². The number of nitriles is 1. The topological polar surface area (TPSA) is 50.8 Å². The van der Waals surface area contributed by atoms with E-state index >= 15 is 0 Å². The Hall–Kier alpha value is -3.36. The number of hydrogen-bond donors (Lipinski definition) is 0. The molecule has 0 aliphatic carbocycles. The first-order valence-corrected chi connectivity index (χ1v) is 9.86. The van der Waals surface area contributed by atoms with Crippen molar-refractivity contribution in [3.8, 4) is 11.9 Å². The first-order valence-electron chi connectivity index (χ1n) is 9.48. The number of fused-ring (bicyclic) bond motifs is 1. The highest BCUT2D eigenvalue weighted by Gasteiger charge is 2.19. The van der Waals surface area contributed by atoms with Crippen LogP contribution in [0.1, 0.15) is 28.1 Å². The summed E-state index contributed by atoms with van der Waals surface area (Å²) < 4.78 is 21.3. The van der Waals surface area contributed by atoms with Gasteiger partial charge in [0.05, 0.1) is 0 Å². The Balaban J connectivity index is 1.80. The summed E-state index contributed by atoms with van der Waals surface area (Å²) in [6.07, 6.45) is 0. The van der Waals surface area contributed by atoms with Crippen molar-refractivity contribution >= 4 is 22.5 Å². The predicted octanol–water partition coefficient (Wildman–Crippen LogP) is 5.94. The van der Waals surface area contributed by atoms with Gasteiger partial charge in [0, 0.05) is 22.6 Å². The van der Waals surface area contributed by atoms with Crippen molar-refractivity contribution in [2.24, 2.45) is 0 Å². The number of pyridine rings is 1. The van der Waals surface area contributed by atoms with Crippen LogP contribution in [0.2, 0.25) is 5.02 Å². The molecule has 6 heteroatoms. The lowest BCUT2D eigenvalue weighted by molar-refractivity contribution is 0.296. The average Bonchev–Trinajstić information content (AvgIpc) is 2.98. The van der Waals surface area contributed by atoms with Crippen LogP contribution in [0.5, 0.6) is 5.88 Å². The van der Waals surface area contributed by atoms with E-state index in [-0.39, 0.29) is 12.4 Å². The fraction of sp³-hybridized carbons (Fsp3) is 0.167. The van der Waals surface area contributed by atoms with Gasteiger partial charge in [0.25, 0.3) is 0 Å². The van der Waals surface area contributed by atoms with E-state index in [0.717, 1.165) is 33.3 Å². The van der Waals surface area contributed by atoms with Gasteiger partial charge in [0.1, 0.15) is 29.7 Å². The van der Waals surface area contributed by atoms with Gasteiger partial charge in [-0.15, -0.1) is 0 Å². The highest BCUT2D eigenvalue weighted by Crippen LogP contribution is 2.33. The minimum absolute atomic E-state index is 0.220. The van der Waals surface area contributed by atoms with Crippen LogP contribution in [0, 0.1) is 31.0 Å². The van der Waals surface area contributed by atoms with E-state index in [4.69, 9.17) is 16.3 Å². The predicted molar refractivity (Wildman–Crippen MR) is 115 cm³/mol. The number of benzene rings is 2. The highest BCUT2D eigenvalue weighted by atomic mass is 35.5. The standard InChI is InChI=1S/C24H19ClFN3O/c1-15-16(2)29(13-18-4-3-5-19(25)10-18)23-22(15)11-21(12-27)28-24(23)30-14-17-6-8-20(26)9-7-17/h3-11H,13-14H2,1-2H3. The molecule has 30 heavy (non-hydrogen) atoms. The van der Waals surface area contributed by atoms with Gasteiger partial charge in [-0.1, -0.05) is 35.9 Å². The summed E-state index contributed by atoms with van der Waals surface area (Å²) in [5, 5.41) is 11.0. The Kier molecular flexibility index (Phi) is 5.43. The average molecular weight is 420 g/mol. The molecule has 2 aromatic heterocycles. The zero-order chi connectivity index (χ0) is 21.3. The molecule has 0 unspecified atom stereocenters. The third-order valence-electron chi connectivity index (χ3n) is 5.22. The van der Waals surface area contributed by atoms with Crippen molar-refractivity contribution in [2.75, 3.05) is 0 Å². The molecule has 0 atom stereocenters. The molecule has 0 saturated carbocycles. The van der Waals surface area contributed by atoms with E-state index in [2.05, 4.69) is 15.6 Å². The molecule has 2 heterocycles. The summed E-state index contributed by atoms with van der Waals surface area (Å²) in [6.45, 7) is 4.88. The molecule has 0 radical (unpaired) electrons. The second kappa shape index (κ2) is 8.17. The van der Waals surface area contributed by atoms with E-state index in [1.807, 2.05) is 38.1 Å². The third-order valence-corrected chi connectivity index (χ3v) is 5.45. The summed E-state index contributed by atoms with van der Waals surface area (Å²) in [5.74, 6) is 0.0824. The quantitative estimate of drug-likeness (QED) is 0.402. The molecule has 0 saturated heterocycles. The number of hydrogen-bond acceptors (Lipinski definition) is 3. The molecule has 0 aliphatic rings. The third kappa shape index (κ3) is 3.87. The molecule has 0 aliphatic heterocycles. The van der Waals surface area contributed by atoms with Crippen molar-refractivity contribution < 1.29 is 9.13 Å². The number of rotatable bonds is 5. The van der Waals surface area contributed by atoms with Crippen molar-refractivity contribution in [1.82, 2.24) is 9.55 Å². The van der Waals surface area contributed by atoms with Crippen LogP contribution < -0.4 is 4.74 Å². The molecule has 0 N–H and O–H groups in total. The SMILES string of the molecule is Cc1c(C)n(Cc2cccc(Cl)c2)c2c(OCc3ccc(F)cc3)nc(C#N)cc12. The van der Waals surface area contributed by atoms with Crippen LogP contribution in [0.3, 0.4) is 0 Å². The molecule has 0 bridgehead atoms. The van der Waals surface area contributed by atoms with Crippen LogP contribution in [0.15, 0.2) is 54.6 Å². The lowest BCUT2D eigenvalue weighted by atomic mass is 10.1. The molecule has 0 spiro atoms. The Morgan fingerprint density at radius 2 is 1.87 bits per heavy atom. The normalized spacial score (nSPS) is 10.9. The number of nitrogens with zero attached hydrogens (tertiary/aromatic N) is 3. The maximum absolute atomic E-state index is 13.2. The molecule has 4 rings (SSSR count). The molecule has 150 valence electrons. The van der Waals surface area contributed by atoms with Crippen LogP contribution in [0.4, 0.5) is 4.39 Å². The second-order valence-corrected chi connectivity index (χ2v) is 7.60. The number of aryl methyl sites for hydroxylation is 1. The van der Waals surface area contributed by atoms with Gasteiger partial charge in [-0.25, -0.2) is 9.37 Å². The lowest BCUT2D eigenvalue weighted by Gasteiger charge is -2.13. The minimum Gasteiger partial charge on any atom is -0.471 e. The van der Waals surface area contributed by atoms with E-state index in [9.17, 15) is 9.65 Å². The summed E-state index contributed by atoms with van der Waals surface area (Å²) in [4.78, 5) is 4.42. The van der Waals surface area contributed by atoms with Gasteiger partial charge in [0.15, 0.2) is 0 Å². The number of aromatic nitrogens is 2. The summed E-state index contributed by atoms with van der Waals surface area (Å²) >= 11 is 6.16. The largest absolute Gasteiger partial charge is 0.471 e. The molecule has 0 fully saturated rings. The van der Waals surface area contributed by atoms with Crippen molar-refractivity contribution in [2.45, 2.75) is 27.0 Å². The van der Waals surface area contributed by atoms with Crippen LogP contribution >= 0.6 is 11.6 Å². The van der Waals surface area contributed by atoms with E-state index < -0.39 is 0 Å². The van der Waals surface area contributed by atoms with Gasteiger partial charge < -0.3 is 9.30 Å². The first-order chi connectivity index (χ1) is 14.5. The maximum Gasteiger partial charge on any atom is 0.240 e. The fourth-order valence-corrected chi connectivity index (χ4v) is 3.75. The first kappa shape index (κ1) is 19.9. The molecule has 2 aromatic carbocycles. The number of ether oxygens (including phenoxy) is 1. The van der Waals surface area contributed by atoms with Crippen molar-refractivity contribution in [3.63, 3.8) is 0 Å². The van der Waals surface area contributed by atoms with Crippen LogP contribution in [-0.4, -0.2) is 9.55 Å². The second-order valence-electron chi connectivity index (χ2n) is 7.16. The summed E-state index contributed by atoms with van der Waals surface area (Å²) in [5.41, 5.74) is 5.11. The van der Waals surface area contributed by atoms with E-state index in [0.29, 0.717) is 23.1 Å². The molecule has 4 aromatic rings. The highest BCUT2D eigenvalue weighted by molar-refractivity contribution is 6.30. The van der Waals surface area contributed by atoms with Gasteiger partial charge >= 0.3 is 0 Å². The zero-order valence-corrected chi connectivity index (χ0v) is 17.4.